The highest BCUT2D eigenvalue weighted by Crippen LogP contribution is 2.39. The van der Waals surface area contributed by atoms with Crippen LogP contribution < -0.4 is 5.32 Å². The predicted molar refractivity (Wildman–Crippen MR) is 64.0 cm³/mol. The van der Waals surface area contributed by atoms with E-state index in [9.17, 15) is 0 Å². The van der Waals surface area contributed by atoms with E-state index in [4.69, 9.17) is 0 Å². The van der Waals surface area contributed by atoms with Gasteiger partial charge in [0.2, 0.25) is 0 Å². The fraction of sp³-hybridized carbons (Fsp3) is 1.00. The van der Waals surface area contributed by atoms with Crippen molar-refractivity contribution in [3.63, 3.8) is 0 Å². The third kappa shape index (κ3) is 2.43. The van der Waals surface area contributed by atoms with Crippen molar-refractivity contribution < 1.29 is 0 Å². The molecule has 0 aromatic rings. The molecule has 1 heterocycles. The van der Waals surface area contributed by atoms with Gasteiger partial charge in [-0.25, -0.2) is 0 Å². The number of halogens is 1. The molecule has 0 amide bonds. The first-order valence-corrected chi connectivity index (χ1v) is 5.86. The molecule has 0 radical (unpaired) electrons. The number of piperidine rings is 1. The van der Waals surface area contributed by atoms with Crippen molar-refractivity contribution >= 4 is 12.4 Å². The van der Waals surface area contributed by atoms with Gasteiger partial charge in [0.05, 0.1) is 0 Å². The van der Waals surface area contributed by atoms with Crippen LogP contribution in [0.2, 0.25) is 0 Å². The average molecular weight is 218 g/mol. The third-order valence-corrected chi connectivity index (χ3v) is 3.96. The molecule has 1 aliphatic heterocycles. The Labute approximate surface area is 94.4 Å². The summed E-state index contributed by atoms with van der Waals surface area (Å²) in [5.74, 6) is 1.91. The summed E-state index contributed by atoms with van der Waals surface area (Å²) in [6.45, 7) is 7.16. The Kier molecular flexibility index (Phi) is 3.87. The fourth-order valence-electron chi connectivity index (χ4n) is 3.54. The smallest absolute Gasteiger partial charge is 0.0130 e. The van der Waals surface area contributed by atoms with Crippen molar-refractivity contribution in [2.45, 2.75) is 64.5 Å². The highest BCUT2D eigenvalue weighted by molar-refractivity contribution is 5.85. The molecule has 2 rings (SSSR count). The zero-order valence-corrected chi connectivity index (χ0v) is 10.5. The summed E-state index contributed by atoms with van der Waals surface area (Å²) in [6.07, 6.45) is 7.14. The molecule has 1 saturated heterocycles. The van der Waals surface area contributed by atoms with Crippen molar-refractivity contribution in [1.29, 1.82) is 0 Å². The second kappa shape index (κ2) is 4.40. The monoisotopic (exact) mass is 217 g/mol. The van der Waals surface area contributed by atoms with E-state index in [1.54, 1.807) is 0 Å². The molecule has 3 unspecified atom stereocenters. The van der Waals surface area contributed by atoms with Crippen molar-refractivity contribution in [2.75, 3.05) is 0 Å². The van der Waals surface area contributed by atoms with Crippen LogP contribution in [-0.4, -0.2) is 11.6 Å². The van der Waals surface area contributed by atoms with Crippen LogP contribution in [0.25, 0.3) is 0 Å². The topological polar surface area (TPSA) is 12.0 Å². The van der Waals surface area contributed by atoms with Crippen LogP contribution >= 0.6 is 12.4 Å². The standard InChI is InChI=1S/C12H23N.ClH/c1-9-8-12(2,3)13-11-7-5-4-6-10(9)11;/h9-11,13H,4-8H2,1-3H3;1H. The summed E-state index contributed by atoms with van der Waals surface area (Å²) in [6, 6.07) is 0.826. The summed E-state index contributed by atoms with van der Waals surface area (Å²) in [5, 5.41) is 3.83. The lowest BCUT2D eigenvalue weighted by atomic mass is 9.69. The van der Waals surface area contributed by atoms with Gasteiger partial charge in [0.1, 0.15) is 0 Å². The van der Waals surface area contributed by atoms with Crippen molar-refractivity contribution in [3.05, 3.63) is 0 Å². The molecule has 3 atom stereocenters. The van der Waals surface area contributed by atoms with E-state index in [-0.39, 0.29) is 12.4 Å². The first-order valence-electron chi connectivity index (χ1n) is 5.86. The Morgan fingerprint density at radius 3 is 2.50 bits per heavy atom. The number of fused-ring (bicyclic) bond motifs is 1. The van der Waals surface area contributed by atoms with Crippen LogP contribution in [0.4, 0.5) is 0 Å². The van der Waals surface area contributed by atoms with Crippen molar-refractivity contribution in [1.82, 2.24) is 5.32 Å². The van der Waals surface area contributed by atoms with Gasteiger partial charge in [0, 0.05) is 11.6 Å². The molecule has 84 valence electrons. The van der Waals surface area contributed by atoms with E-state index in [0.717, 1.165) is 17.9 Å². The van der Waals surface area contributed by atoms with Crippen molar-refractivity contribution in [3.8, 4) is 0 Å². The van der Waals surface area contributed by atoms with E-state index in [1.165, 1.54) is 32.1 Å². The highest BCUT2D eigenvalue weighted by Gasteiger charge is 2.39. The third-order valence-electron chi connectivity index (χ3n) is 3.96. The molecular formula is C12H24ClN. The van der Waals surface area contributed by atoms with Crippen LogP contribution in [0.15, 0.2) is 0 Å². The Hall–Kier alpha value is 0.250. The summed E-state index contributed by atoms with van der Waals surface area (Å²) in [7, 11) is 0. The predicted octanol–water partition coefficient (Wildman–Crippen LogP) is 3.38. The Balaban J connectivity index is 0.000000980. The molecule has 1 nitrogen and oxygen atoms in total. The zero-order valence-electron chi connectivity index (χ0n) is 9.68. The molecule has 1 N–H and O–H groups in total. The van der Waals surface area contributed by atoms with Crippen LogP contribution in [0.5, 0.6) is 0 Å². The lowest BCUT2D eigenvalue weighted by Gasteiger charge is -2.48. The Morgan fingerprint density at radius 2 is 1.79 bits per heavy atom. The maximum atomic E-state index is 3.83. The minimum atomic E-state index is 0. The second-order valence-corrected chi connectivity index (χ2v) is 5.76. The average Bonchev–Trinajstić information content (AvgIpc) is 2.02. The van der Waals surface area contributed by atoms with Gasteiger partial charge in [-0.3, -0.25) is 0 Å². The maximum absolute atomic E-state index is 3.83. The molecule has 2 aliphatic rings. The second-order valence-electron chi connectivity index (χ2n) is 5.76. The minimum absolute atomic E-state index is 0. The quantitative estimate of drug-likeness (QED) is 0.656. The summed E-state index contributed by atoms with van der Waals surface area (Å²) >= 11 is 0. The van der Waals surface area contributed by atoms with Crippen molar-refractivity contribution in [2.24, 2.45) is 11.8 Å². The number of nitrogens with one attached hydrogen (secondary N) is 1. The van der Waals surface area contributed by atoms with Gasteiger partial charge in [-0.2, -0.15) is 0 Å². The van der Waals surface area contributed by atoms with Crippen LogP contribution in [0, 0.1) is 11.8 Å². The molecule has 0 aromatic heterocycles. The first-order chi connectivity index (χ1) is 6.08. The molecule has 1 aliphatic carbocycles. The SMILES string of the molecule is CC1CC(C)(C)NC2CCCCC12.Cl. The first kappa shape index (κ1) is 12.3. The normalized spacial score (nSPS) is 40.9. The van der Waals surface area contributed by atoms with Gasteiger partial charge in [-0.15, -0.1) is 12.4 Å². The molecule has 2 heteroatoms. The molecule has 0 aromatic carbocycles. The van der Waals surface area contributed by atoms with E-state index >= 15 is 0 Å². The van der Waals surface area contributed by atoms with Gasteiger partial charge in [-0.05, 0) is 44.9 Å². The maximum Gasteiger partial charge on any atom is 0.0130 e. The molecule has 0 spiro atoms. The van der Waals surface area contributed by atoms with Crippen LogP contribution in [0.3, 0.4) is 0 Å². The largest absolute Gasteiger partial charge is 0.309 e. The molecule has 1 saturated carbocycles. The number of rotatable bonds is 0. The fourth-order valence-corrected chi connectivity index (χ4v) is 3.54. The summed E-state index contributed by atoms with van der Waals surface area (Å²) in [5.41, 5.74) is 0.387. The number of hydrogen-bond acceptors (Lipinski definition) is 1. The van der Waals surface area contributed by atoms with Gasteiger partial charge in [-0.1, -0.05) is 19.8 Å². The van der Waals surface area contributed by atoms with Crippen LogP contribution in [0.1, 0.15) is 52.9 Å². The summed E-state index contributed by atoms with van der Waals surface area (Å²) in [4.78, 5) is 0. The van der Waals surface area contributed by atoms with E-state index < -0.39 is 0 Å². The van der Waals surface area contributed by atoms with Gasteiger partial charge in [0.25, 0.3) is 0 Å². The summed E-state index contributed by atoms with van der Waals surface area (Å²) < 4.78 is 0. The molecule has 14 heavy (non-hydrogen) atoms. The number of hydrogen-bond donors (Lipinski definition) is 1. The van der Waals surface area contributed by atoms with Crippen LogP contribution in [-0.2, 0) is 0 Å². The zero-order chi connectivity index (χ0) is 9.47. The molecule has 0 bridgehead atoms. The molecular weight excluding hydrogens is 194 g/mol. The minimum Gasteiger partial charge on any atom is -0.309 e. The van der Waals surface area contributed by atoms with E-state index in [2.05, 4.69) is 26.1 Å². The lowest BCUT2D eigenvalue weighted by Crippen LogP contribution is -2.57. The molecule has 2 fully saturated rings. The Morgan fingerprint density at radius 1 is 1.14 bits per heavy atom. The highest BCUT2D eigenvalue weighted by atomic mass is 35.5. The van der Waals surface area contributed by atoms with Gasteiger partial charge in [0.15, 0.2) is 0 Å². The van der Waals surface area contributed by atoms with E-state index in [0.29, 0.717) is 5.54 Å². The Bertz CT molecular complexity index is 191. The van der Waals surface area contributed by atoms with Gasteiger partial charge < -0.3 is 5.32 Å². The van der Waals surface area contributed by atoms with Gasteiger partial charge >= 0.3 is 0 Å². The lowest BCUT2D eigenvalue weighted by molar-refractivity contribution is 0.0836. The van der Waals surface area contributed by atoms with E-state index in [1.807, 2.05) is 0 Å².